The lowest BCUT2D eigenvalue weighted by Crippen LogP contribution is -2.29. The van der Waals surface area contributed by atoms with Crippen molar-refractivity contribution < 1.29 is 4.79 Å². The van der Waals surface area contributed by atoms with Crippen molar-refractivity contribution in [1.82, 2.24) is 5.32 Å². The summed E-state index contributed by atoms with van der Waals surface area (Å²) in [4.78, 5) is 11.3. The molecule has 2 nitrogen and oxygen atoms in total. The molecule has 0 saturated carbocycles. The number of Topliss-reactive ketones (excluding diaryl/α,β-unsaturated/α-hetero) is 1. The Morgan fingerprint density at radius 2 is 2.08 bits per heavy atom. The van der Waals surface area contributed by atoms with Crippen LogP contribution < -0.4 is 5.32 Å². The minimum absolute atomic E-state index is 0. The quantitative estimate of drug-likeness (QED) is 0.721. The summed E-state index contributed by atoms with van der Waals surface area (Å²) < 4.78 is 0. The van der Waals surface area contributed by atoms with Gasteiger partial charge in [0.25, 0.3) is 0 Å². The van der Waals surface area contributed by atoms with Crippen molar-refractivity contribution in [2.45, 2.75) is 6.54 Å². The van der Waals surface area contributed by atoms with E-state index in [1.165, 1.54) is 0 Å². The number of rotatable bonds is 0. The van der Waals surface area contributed by atoms with Crippen molar-refractivity contribution >= 4 is 29.8 Å². The summed E-state index contributed by atoms with van der Waals surface area (Å²) in [6.07, 6.45) is 0. The van der Waals surface area contributed by atoms with Gasteiger partial charge in [-0.2, -0.15) is 0 Å². The topological polar surface area (TPSA) is 29.1 Å². The highest BCUT2D eigenvalue weighted by Gasteiger charge is 2.15. The lowest BCUT2D eigenvalue weighted by Gasteiger charge is -2.15. The molecule has 0 atom stereocenters. The van der Waals surface area contributed by atoms with Gasteiger partial charge in [0.1, 0.15) is 0 Å². The third-order valence-electron chi connectivity index (χ3n) is 1.97. The normalized spacial score (nSPS) is 14.7. The zero-order chi connectivity index (χ0) is 8.55. The highest BCUT2D eigenvalue weighted by Crippen LogP contribution is 2.18. The van der Waals surface area contributed by atoms with Crippen LogP contribution >= 0.6 is 24.0 Å². The van der Waals surface area contributed by atoms with Gasteiger partial charge in [0.15, 0.2) is 5.78 Å². The number of carbonyl (C=O) groups is 1. The fourth-order valence-corrected chi connectivity index (χ4v) is 1.54. The molecule has 1 N–H and O–H groups in total. The second-order valence-corrected chi connectivity index (χ2v) is 3.26. The average molecular weight is 218 g/mol. The first-order chi connectivity index (χ1) is 5.77. The molecule has 0 amide bonds. The van der Waals surface area contributed by atoms with Crippen LogP contribution in [0.5, 0.6) is 0 Å². The molecule has 1 aliphatic heterocycles. The van der Waals surface area contributed by atoms with Crippen LogP contribution in [-0.2, 0) is 6.54 Å². The summed E-state index contributed by atoms with van der Waals surface area (Å²) in [5, 5.41) is 3.65. The van der Waals surface area contributed by atoms with Crippen molar-refractivity contribution in [2.75, 3.05) is 6.54 Å². The largest absolute Gasteiger partial charge is 0.306 e. The standard InChI is InChI=1S/C9H8ClNO.ClH/c10-7-2-1-6-4-11-5-9(12)8(6)3-7;/h1-3,11H,4-5H2;1H. The van der Waals surface area contributed by atoms with E-state index in [-0.39, 0.29) is 18.2 Å². The zero-order valence-corrected chi connectivity index (χ0v) is 8.41. The predicted molar refractivity (Wildman–Crippen MR) is 54.7 cm³/mol. The Morgan fingerprint density at radius 3 is 2.85 bits per heavy atom. The third kappa shape index (κ3) is 2.02. The Hall–Kier alpha value is -0.570. The van der Waals surface area contributed by atoms with Crippen molar-refractivity contribution in [2.24, 2.45) is 0 Å². The van der Waals surface area contributed by atoms with Crippen LogP contribution in [0.2, 0.25) is 5.02 Å². The Bertz CT molecular complexity index is 338. The van der Waals surface area contributed by atoms with Gasteiger partial charge in [-0.25, -0.2) is 0 Å². The number of halogens is 2. The highest BCUT2D eigenvalue weighted by atomic mass is 35.5. The average Bonchev–Trinajstić information content (AvgIpc) is 2.07. The lowest BCUT2D eigenvalue weighted by atomic mass is 10.0. The summed E-state index contributed by atoms with van der Waals surface area (Å²) in [5.74, 6) is 0.124. The number of hydrogen-bond acceptors (Lipinski definition) is 2. The number of nitrogens with one attached hydrogen (secondary N) is 1. The lowest BCUT2D eigenvalue weighted by molar-refractivity contribution is 0.0982. The maximum atomic E-state index is 11.3. The van der Waals surface area contributed by atoms with Crippen molar-refractivity contribution in [3.8, 4) is 0 Å². The van der Waals surface area contributed by atoms with Crippen LogP contribution in [0.1, 0.15) is 15.9 Å². The van der Waals surface area contributed by atoms with Gasteiger partial charge >= 0.3 is 0 Å². The van der Waals surface area contributed by atoms with Gasteiger partial charge in [-0.05, 0) is 17.7 Å². The number of ketones is 1. The van der Waals surface area contributed by atoms with E-state index < -0.39 is 0 Å². The second kappa shape index (κ2) is 4.09. The Morgan fingerprint density at radius 1 is 1.31 bits per heavy atom. The Balaban J connectivity index is 0.000000845. The van der Waals surface area contributed by atoms with E-state index in [1.807, 2.05) is 6.07 Å². The van der Waals surface area contributed by atoms with Crippen LogP contribution in [-0.4, -0.2) is 12.3 Å². The fraction of sp³-hybridized carbons (Fsp3) is 0.222. The monoisotopic (exact) mass is 217 g/mol. The summed E-state index contributed by atoms with van der Waals surface area (Å²) >= 11 is 5.77. The van der Waals surface area contributed by atoms with Crippen LogP contribution in [0.4, 0.5) is 0 Å². The van der Waals surface area contributed by atoms with Crippen LogP contribution in [0.25, 0.3) is 0 Å². The van der Waals surface area contributed by atoms with E-state index >= 15 is 0 Å². The molecule has 0 spiro atoms. The maximum Gasteiger partial charge on any atom is 0.176 e. The van der Waals surface area contributed by atoms with Gasteiger partial charge in [0, 0.05) is 17.1 Å². The number of carbonyl (C=O) groups excluding carboxylic acids is 1. The van der Waals surface area contributed by atoms with Crippen LogP contribution in [0.15, 0.2) is 18.2 Å². The minimum atomic E-state index is 0. The second-order valence-electron chi connectivity index (χ2n) is 2.83. The molecule has 0 fully saturated rings. The number of hydrogen-bond donors (Lipinski definition) is 1. The SMILES string of the molecule is Cl.O=C1CNCc2ccc(Cl)cc21. The van der Waals surface area contributed by atoms with E-state index in [0.717, 1.165) is 17.7 Å². The van der Waals surface area contributed by atoms with Crippen molar-refractivity contribution in [1.29, 1.82) is 0 Å². The molecule has 1 heterocycles. The molecule has 0 unspecified atom stereocenters. The fourth-order valence-electron chi connectivity index (χ4n) is 1.37. The molecular formula is C9H9Cl2NO. The van der Waals surface area contributed by atoms with E-state index in [1.54, 1.807) is 12.1 Å². The Kier molecular flexibility index (Phi) is 3.31. The first kappa shape index (κ1) is 10.5. The number of fused-ring (bicyclic) bond motifs is 1. The van der Waals surface area contributed by atoms with Crippen molar-refractivity contribution in [3.63, 3.8) is 0 Å². The third-order valence-corrected chi connectivity index (χ3v) is 2.21. The summed E-state index contributed by atoms with van der Waals surface area (Å²) in [6.45, 7) is 1.19. The first-order valence-electron chi connectivity index (χ1n) is 3.80. The summed E-state index contributed by atoms with van der Waals surface area (Å²) in [7, 11) is 0. The van der Waals surface area contributed by atoms with Gasteiger partial charge in [0.05, 0.1) is 6.54 Å². The molecule has 1 aromatic carbocycles. The molecule has 0 aromatic heterocycles. The van der Waals surface area contributed by atoms with Crippen LogP contribution in [0.3, 0.4) is 0 Å². The molecule has 0 saturated heterocycles. The van der Waals surface area contributed by atoms with Gasteiger partial charge in [-0.1, -0.05) is 17.7 Å². The predicted octanol–water partition coefficient (Wildman–Crippen LogP) is 2.05. The summed E-state index contributed by atoms with van der Waals surface area (Å²) in [6, 6.07) is 5.43. The molecule has 1 aliphatic rings. The maximum absolute atomic E-state index is 11.3. The van der Waals surface area contributed by atoms with Gasteiger partial charge in [-0.15, -0.1) is 12.4 Å². The van der Waals surface area contributed by atoms with E-state index in [2.05, 4.69) is 5.32 Å². The van der Waals surface area contributed by atoms with Gasteiger partial charge < -0.3 is 5.32 Å². The van der Waals surface area contributed by atoms with E-state index in [4.69, 9.17) is 11.6 Å². The van der Waals surface area contributed by atoms with Gasteiger partial charge in [0.2, 0.25) is 0 Å². The zero-order valence-electron chi connectivity index (χ0n) is 6.84. The van der Waals surface area contributed by atoms with Crippen molar-refractivity contribution in [3.05, 3.63) is 34.3 Å². The molecular weight excluding hydrogens is 209 g/mol. The molecule has 0 bridgehead atoms. The molecule has 4 heteroatoms. The molecule has 13 heavy (non-hydrogen) atoms. The summed E-state index contributed by atoms with van der Waals surface area (Å²) in [5.41, 5.74) is 1.80. The Labute approximate surface area is 87.7 Å². The molecule has 2 rings (SSSR count). The minimum Gasteiger partial charge on any atom is -0.306 e. The molecule has 0 aliphatic carbocycles. The molecule has 0 radical (unpaired) electrons. The molecule has 70 valence electrons. The van der Waals surface area contributed by atoms with E-state index in [9.17, 15) is 4.79 Å². The number of benzene rings is 1. The smallest absolute Gasteiger partial charge is 0.176 e. The molecule has 1 aromatic rings. The van der Waals surface area contributed by atoms with Crippen LogP contribution in [0, 0.1) is 0 Å². The van der Waals surface area contributed by atoms with E-state index in [0.29, 0.717) is 11.6 Å². The highest BCUT2D eigenvalue weighted by molar-refractivity contribution is 6.31. The van der Waals surface area contributed by atoms with Gasteiger partial charge in [-0.3, -0.25) is 4.79 Å². The first-order valence-corrected chi connectivity index (χ1v) is 4.17.